The molecule has 0 spiro atoms. The summed E-state index contributed by atoms with van der Waals surface area (Å²) in [5.41, 5.74) is -0.670. The van der Waals surface area contributed by atoms with Crippen molar-refractivity contribution in [2.75, 3.05) is 0 Å². The van der Waals surface area contributed by atoms with Crippen molar-refractivity contribution in [1.29, 1.82) is 0 Å². The number of ether oxygens (including phenoxy) is 1. The molecule has 0 atom stereocenters. The van der Waals surface area contributed by atoms with Crippen LogP contribution in [0.5, 0.6) is 5.75 Å². The van der Waals surface area contributed by atoms with E-state index in [1.807, 2.05) is 0 Å². The maximum absolute atomic E-state index is 14.1. The van der Waals surface area contributed by atoms with Crippen molar-refractivity contribution in [1.82, 2.24) is 14.6 Å². The van der Waals surface area contributed by atoms with Gasteiger partial charge in [-0.1, -0.05) is 17.7 Å². The molecule has 9 heteroatoms. The van der Waals surface area contributed by atoms with Gasteiger partial charge in [0.15, 0.2) is 5.65 Å². The van der Waals surface area contributed by atoms with Gasteiger partial charge in [-0.2, -0.15) is 13.2 Å². The van der Waals surface area contributed by atoms with Crippen LogP contribution in [-0.4, -0.2) is 31.9 Å². The summed E-state index contributed by atoms with van der Waals surface area (Å²) in [6, 6.07) is 6.14. The minimum atomic E-state index is -4.60. The Balaban J connectivity index is 1.49. The Kier molecular flexibility index (Phi) is 5.53. The number of fused-ring (bicyclic) bond motifs is 1. The van der Waals surface area contributed by atoms with Crippen LogP contribution in [0.15, 0.2) is 30.5 Å². The first-order valence-electron chi connectivity index (χ1n) is 10.9. The lowest BCUT2D eigenvalue weighted by molar-refractivity contribution is -0.136. The number of hydrogen-bond acceptors (Lipinski definition) is 4. The van der Waals surface area contributed by atoms with E-state index >= 15 is 0 Å². The van der Waals surface area contributed by atoms with E-state index in [4.69, 9.17) is 16.3 Å². The van der Waals surface area contributed by atoms with Crippen LogP contribution >= 0.6 is 11.6 Å². The highest BCUT2D eigenvalue weighted by Gasteiger charge is 2.38. The van der Waals surface area contributed by atoms with E-state index in [1.54, 1.807) is 18.3 Å². The first-order chi connectivity index (χ1) is 15.3. The van der Waals surface area contributed by atoms with Crippen LogP contribution < -0.4 is 4.74 Å². The Labute approximate surface area is 188 Å². The van der Waals surface area contributed by atoms with E-state index in [9.17, 15) is 18.3 Å². The van der Waals surface area contributed by atoms with Crippen LogP contribution in [0, 0.1) is 5.92 Å². The van der Waals surface area contributed by atoms with Gasteiger partial charge in [-0.05, 0) is 73.8 Å². The van der Waals surface area contributed by atoms with Gasteiger partial charge in [0.2, 0.25) is 0 Å². The van der Waals surface area contributed by atoms with Gasteiger partial charge in [-0.3, -0.25) is 4.40 Å². The number of aromatic nitrogens is 3. The number of pyridine rings is 1. The number of aliphatic hydroxyl groups is 1. The fraction of sp³-hybridized carbons (Fsp3) is 0.478. The third-order valence-corrected chi connectivity index (χ3v) is 6.58. The highest BCUT2D eigenvalue weighted by atomic mass is 35.5. The molecule has 2 fully saturated rings. The number of alkyl halides is 3. The molecule has 2 aliphatic carbocycles. The first kappa shape index (κ1) is 21.5. The summed E-state index contributed by atoms with van der Waals surface area (Å²) < 4.78 is 49.7. The minimum absolute atomic E-state index is 0.00427. The van der Waals surface area contributed by atoms with E-state index in [2.05, 4.69) is 10.2 Å². The quantitative estimate of drug-likeness (QED) is 0.525. The molecule has 0 unspecified atom stereocenters. The first-order valence-corrected chi connectivity index (χ1v) is 11.3. The van der Waals surface area contributed by atoms with Crippen molar-refractivity contribution < 1.29 is 23.0 Å². The third-order valence-electron chi connectivity index (χ3n) is 6.28. The SMILES string of the molecule is O[C@H]1CC[C@H](Oc2ccc(-c3ccn4c(CC5CC5)nnc4c3C(F)(F)F)cc2Cl)CC1. The fourth-order valence-electron chi connectivity index (χ4n) is 4.35. The maximum atomic E-state index is 14.1. The van der Waals surface area contributed by atoms with Gasteiger partial charge in [0.05, 0.1) is 17.2 Å². The Hall–Kier alpha value is -2.32. The lowest BCUT2D eigenvalue weighted by Gasteiger charge is -2.26. The number of aliphatic hydroxyl groups excluding tert-OH is 1. The number of nitrogens with zero attached hydrogens (tertiary/aromatic N) is 3. The second-order valence-corrected chi connectivity index (χ2v) is 9.16. The molecule has 2 heterocycles. The molecule has 0 amide bonds. The van der Waals surface area contributed by atoms with Gasteiger partial charge in [-0.25, -0.2) is 0 Å². The summed E-state index contributed by atoms with van der Waals surface area (Å²) in [5, 5.41) is 17.8. The summed E-state index contributed by atoms with van der Waals surface area (Å²) in [5.74, 6) is 1.47. The van der Waals surface area contributed by atoms with Crippen molar-refractivity contribution in [3.05, 3.63) is 46.9 Å². The monoisotopic (exact) mass is 465 g/mol. The highest BCUT2D eigenvalue weighted by Crippen LogP contribution is 2.42. The molecule has 170 valence electrons. The predicted octanol–water partition coefficient (Wildman–Crippen LogP) is 5.70. The largest absolute Gasteiger partial charge is 0.489 e. The van der Waals surface area contributed by atoms with Crippen molar-refractivity contribution in [2.45, 2.75) is 63.3 Å². The van der Waals surface area contributed by atoms with Gasteiger partial charge in [-0.15, -0.1) is 10.2 Å². The molecular formula is C23H23ClF3N3O2. The van der Waals surface area contributed by atoms with Crippen LogP contribution in [0.2, 0.25) is 5.02 Å². The molecule has 0 saturated heterocycles. The number of hydrogen-bond donors (Lipinski definition) is 1. The van der Waals surface area contributed by atoms with E-state index in [0.717, 1.165) is 12.8 Å². The molecule has 5 nitrogen and oxygen atoms in total. The lowest BCUT2D eigenvalue weighted by atomic mass is 9.95. The van der Waals surface area contributed by atoms with Crippen LogP contribution in [0.4, 0.5) is 13.2 Å². The number of rotatable bonds is 5. The zero-order valence-electron chi connectivity index (χ0n) is 17.3. The summed E-state index contributed by atoms with van der Waals surface area (Å²) in [4.78, 5) is 0. The maximum Gasteiger partial charge on any atom is 0.420 e. The van der Waals surface area contributed by atoms with Crippen LogP contribution in [-0.2, 0) is 12.6 Å². The molecule has 2 aromatic heterocycles. The Morgan fingerprint density at radius 2 is 1.81 bits per heavy atom. The normalized spacial score (nSPS) is 21.8. The standard InChI is InChI=1S/C23H23ClF3N3O2/c24-18-12-14(3-8-19(18)32-16-6-4-15(31)5-7-16)17-9-10-30-20(11-13-1-2-13)28-29-22(30)21(17)23(25,26)27/h3,8-10,12-13,15-16,31H,1-2,4-7,11H2/t15-,16-. The average Bonchev–Trinajstić information content (AvgIpc) is 3.48. The molecule has 32 heavy (non-hydrogen) atoms. The molecule has 5 rings (SSSR count). The second kappa shape index (κ2) is 8.23. The molecule has 0 bridgehead atoms. The minimum Gasteiger partial charge on any atom is -0.489 e. The van der Waals surface area contributed by atoms with E-state index < -0.39 is 11.7 Å². The molecule has 0 aliphatic heterocycles. The van der Waals surface area contributed by atoms with Crippen LogP contribution in [0.1, 0.15) is 49.9 Å². The smallest absolute Gasteiger partial charge is 0.420 e. The van der Waals surface area contributed by atoms with Gasteiger partial charge in [0, 0.05) is 12.6 Å². The van der Waals surface area contributed by atoms with Gasteiger partial charge < -0.3 is 9.84 Å². The average molecular weight is 466 g/mol. The van der Waals surface area contributed by atoms with E-state index in [1.165, 1.54) is 16.5 Å². The topological polar surface area (TPSA) is 59.7 Å². The van der Waals surface area contributed by atoms with Crippen LogP contribution in [0.3, 0.4) is 0 Å². The zero-order valence-corrected chi connectivity index (χ0v) is 18.0. The summed E-state index contributed by atoms with van der Waals surface area (Å²) >= 11 is 6.39. The van der Waals surface area contributed by atoms with Gasteiger partial charge in [0.1, 0.15) is 17.1 Å². The predicted molar refractivity (Wildman–Crippen MR) is 114 cm³/mol. The molecule has 2 saturated carbocycles. The summed E-state index contributed by atoms with van der Waals surface area (Å²) in [6.45, 7) is 0. The van der Waals surface area contributed by atoms with E-state index in [0.29, 0.717) is 55.2 Å². The summed E-state index contributed by atoms with van der Waals surface area (Å²) in [6.07, 6.45) is 2.17. The highest BCUT2D eigenvalue weighted by molar-refractivity contribution is 6.32. The molecule has 2 aliphatic rings. The Morgan fingerprint density at radius 3 is 2.47 bits per heavy atom. The summed E-state index contributed by atoms with van der Waals surface area (Å²) in [7, 11) is 0. The third kappa shape index (κ3) is 4.30. The number of halogens is 4. The zero-order chi connectivity index (χ0) is 22.5. The molecule has 1 aromatic carbocycles. The number of benzene rings is 1. The molecular weight excluding hydrogens is 443 g/mol. The second-order valence-electron chi connectivity index (χ2n) is 8.75. The Bertz CT molecular complexity index is 1140. The van der Waals surface area contributed by atoms with Crippen molar-refractivity contribution >= 4 is 17.2 Å². The van der Waals surface area contributed by atoms with Crippen molar-refractivity contribution in [3.8, 4) is 16.9 Å². The van der Waals surface area contributed by atoms with Gasteiger partial charge in [0.25, 0.3) is 0 Å². The fourth-order valence-corrected chi connectivity index (χ4v) is 4.57. The molecule has 1 N–H and O–H groups in total. The molecule has 0 radical (unpaired) electrons. The van der Waals surface area contributed by atoms with Crippen molar-refractivity contribution in [2.24, 2.45) is 5.92 Å². The molecule has 3 aromatic rings. The lowest BCUT2D eigenvalue weighted by Crippen LogP contribution is -2.26. The Morgan fingerprint density at radius 1 is 1.06 bits per heavy atom. The van der Waals surface area contributed by atoms with E-state index in [-0.39, 0.29) is 28.4 Å². The van der Waals surface area contributed by atoms with Crippen LogP contribution in [0.25, 0.3) is 16.8 Å². The van der Waals surface area contributed by atoms with Crippen molar-refractivity contribution in [3.63, 3.8) is 0 Å². The van der Waals surface area contributed by atoms with Gasteiger partial charge >= 0.3 is 6.18 Å².